The number of nitrogens with zero attached hydrogens (tertiary/aromatic N) is 1. The average molecular weight is 366 g/mol. The van der Waals surface area contributed by atoms with Crippen molar-refractivity contribution in [3.05, 3.63) is 65.2 Å². The van der Waals surface area contributed by atoms with Gasteiger partial charge in [0.15, 0.2) is 11.5 Å². The first-order valence-corrected chi connectivity index (χ1v) is 9.09. The van der Waals surface area contributed by atoms with E-state index < -0.39 is 0 Å². The van der Waals surface area contributed by atoms with Crippen LogP contribution in [0, 0.1) is 6.92 Å². The van der Waals surface area contributed by atoms with Crippen LogP contribution in [-0.2, 0) is 11.3 Å². The summed E-state index contributed by atoms with van der Waals surface area (Å²) in [4.78, 5) is 14.9. The van der Waals surface area contributed by atoms with Crippen molar-refractivity contribution in [2.24, 2.45) is 0 Å². The predicted molar refractivity (Wildman–Crippen MR) is 107 cm³/mol. The van der Waals surface area contributed by atoms with Crippen molar-refractivity contribution in [3.63, 3.8) is 0 Å². The van der Waals surface area contributed by atoms with Crippen LogP contribution in [-0.4, -0.2) is 38.1 Å². The summed E-state index contributed by atoms with van der Waals surface area (Å²) in [5, 5.41) is 2.95. The minimum atomic E-state index is -0.0579. The molecule has 1 amide bonds. The number of hydrogen-bond donors (Lipinski definition) is 1. The van der Waals surface area contributed by atoms with Gasteiger partial charge in [-0.2, -0.15) is 0 Å². The number of carbonyl (C=O) groups is 1. The van der Waals surface area contributed by atoms with Crippen molar-refractivity contribution in [2.45, 2.75) is 19.9 Å². The fraction of sp³-hybridized carbons (Fsp3) is 0.318. The summed E-state index contributed by atoms with van der Waals surface area (Å²) in [6.07, 6.45) is 2.76. The minimum absolute atomic E-state index is 0.0579. The lowest BCUT2D eigenvalue weighted by Crippen LogP contribution is -2.31. The Labute approximate surface area is 160 Å². The molecular weight excluding hydrogens is 340 g/mol. The number of rotatable bonds is 6. The summed E-state index contributed by atoms with van der Waals surface area (Å²) in [5.41, 5.74) is 4.10. The molecule has 0 unspecified atom stereocenters. The van der Waals surface area contributed by atoms with Gasteiger partial charge >= 0.3 is 0 Å². The van der Waals surface area contributed by atoms with Crippen LogP contribution < -0.4 is 14.8 Å². The van der Waals surface area contributed by atoms with Gasteiger partial charge in [0.1, 0.15) is 0 Å². The highest BCUT2D eigenvalue weighted by atomic mass is 16.5. The van der Waals surface area contributed by atoms with Gasteiger partial charge in [-0.3, -0.25) is 9.69 Å². The first-order chi connectivity index (χ1) is 13.1. The van der Waals surface area contributed by atoms with Crippen LogP contribution in [0.3, 0.4) is 0 Å². The van der Waals surface area contributed by atoms with Crippen molar-refractivity contribution in [3.8, 4) is 11.5 Å². The van der Waals surface area contributed by atoms with Gasteiger partial charge in [0, 0.05) is 37.0 Å². The number of methoxy groups -OCH3 is 2. The summed E-state index contributed by atoms with van der Waals surface area (Å²) in [5.74, 6) is 1.17. The Morgan fingerprint density at radius 1 is 1.11 bits per heavy atom. The monoisotopic (exact) mass is 366 g/mol. The summed E-state index contributed by atoms with van der Waals surface area (Å²) in [6.45, 7) is 4.67. The van der Waals surface area contributed by atoms with Gasteiger partial charge in [0.05, 0.1) is 14.2 Å². The van der Waals surface area contributed by atoms with Crippen molar-refractivity contribution in [1.29, 1.82) is 0 Å². The number of carbonyl (C=O) groups excluding carboxylic acids is 1. The largest absolute Gasteiger partial charge is 0.493 e. The highest BCUT2D eigenvalue weighted by Gasteiger charge is 2.18. The fourth-order valence-corrected chi connectivity index (χ4v) is 3.26. The molecule has 27 heavy (non-hydrogen) atoms. The number of ether oxygens (including phenoxy) is 2. The molecular formula is C22H26N2O3. The predicted octanol–water partition coefficient (Wildman–Crippen LogP) is 3.78. The molecule has 0 fully saturated rings. The number of hydrogen-bond acceptors (Lipinski definition) is 4. The third-order valence-electron chi connectivity index (χ3n) is 4.71. The Kier molecular flexibility index (Phi) is 6.14. The minimum Gasteiger partial charge on any atom is -0.493 e. The van der Waals surface area contributed by atoms with Gasteiger partial charge in [0.25, 0.3) is 5.91 Å². The van der Waals surface area contributed by atoms with Crippen LogP contribution in [0.2, 0.25) is 0 Å². The van der Waals surface area contributed by atoms with E-state index in [2.05, 4.69) is 41.4 Å². The van der Waals surface area contributed by atoms with Gasteiger partial charge in [-0.15, -0.1) is 0 Å². The van der Waals surface area contributed by atoms with E-state index in [0.29, 0.717) is 17.2 Å². The van der Waals surface area contributed by atoms with Crippen LogP contribution in [0.1, 0.15) is 17.5 Å². The number of anilines is 1. The van der Waals surface area contributed by atoms with E-state index in [-0.39, 0.29) is 5.91 Å². The smallest absolute Gasteiger partial charge is 0.251 e. The quantitative estimate of drug-likeness (QED) is 0.845. The fourth-order valence-electron chi connectivity index (χ4n) is 3.26. The van der Waals surface area contributed by atoms with Crippen LogP contribution >= 0.6 is 0 Å². The molecule has 142 valence electrons. The Morgan fingerprint density at radius 3 is 2.59 bits per heavy atom. The Morgan fingerprint density at radius 2 is 1.93 bits per heavy atom. The van der Waals surface area contributed by atoms with Crippen LogP contribution in [0.15, 0.2) is 54.1 Å². The number of aryl methyl sites for hydroxylation is 1. The normalized spacial score (nSPS) is 14.4. The maximum atomic E-state index is 12.6. The molecule has 1 aliphatic rings. The molecule has 0 bridgehead atoms. The summed E-state index contributed by atoms with van der Waals surface area (Å²) in [7, 11) is 3.17. The van der Waals surface area contributed by atoms with E-state index in [1.165, 1.54) is 11.1 Å². The summed E-state index contributed by atoms with van der Waals surface area (Å²) >= 11 is 0. The second kappa shape index (κ2) is 8.73. The van der Waals surface area contributed by atoms with E-state index >= 15 is 0 Å². The molecule has 2 aromatic rings. The lowest BCUT2D eigenvalue weighted by molar-refractivity contribution is -0.113. The van der Waals surface area contributed by atoms with Crippen molar-refractivity contribution in [1.82, 2.24) is 4.90 Å². The molecule has 0 aliphatic carbocycles. The zero-order valence-electron chi connectivity index (χ0n) is 16.1. The maximum Gasteiger partial charge on any atom is 0.251 e. The second-order valence-electron chi connectivity index (χ2n) is 6.73. The van der Waals surface area contributed by atoms with Crippen molar-refractivity contribution < 1.29 is 14.3 Å². The van der Waals surface area contributed by atoms with Crippen LogP contribution in [0.5, 0.6) is 11.5 Å². The molecule has 2 aromatic carbocycles. The van der Waals surface area contributed by atoms with E-state index in [4.69, 9.17) is 9.47 Å². The van der Waals surface area contributed by atoms with Gasteiger partial charge in [-0.25, -0.2) is 0 Å². The third kappa shape index (κ3) is 4.89. The third-order valence-corrected chi connectivity index (χ3v) is 4.71. The molecule has 1 N–H and O–H groups in total. The zero-order valence-corrected chi connectivity index (χ0v) is 16.1. The van der Waals surface area contributed by atoms with Gasteiger partial charge < -0.3 is 14.8 Å². The molecule has 0 atom stereocenters. The Bertz CT molecular complexity index is 845. The number of amides is 1. The standard InChI is InChI=1S/C22H26N2O3/c1-16-5-4-6-17(13-16)15-24-11-9-18(10-12-24)22(25)23-19-7-8-20(26-2)21(14-19)27-3/h4-9,13-14H,10-12,15H2,1-3H3,(H,23,25). The molecule has 0 spiro atoms. The summed E-state index contributed by atoms with van der Waals surface area (Å²) in [6, 6.07) is 13.9. The number of benzene rings is 2. The molecule has 1 heterocycles. The van der Waals surface area contributed by atoms with Crippen molar-refractivity contribution in [2.75, 3.05) is 32.6 Å². The molecule has 0 radical (unpaired) electrons. The van der Waals surface area contributed by atoms with E-state index in [1.807, 2.05) is 12.1 Å². The molecule has 0 saturated carbocycles. The molecule has 0 aromatic heterocycles. The summed E-state index contributed by atoms with van der Waals surface area (Å²) < 4.78 is 10.5. The molecule has 5 nitrogen and oxygen atoms in total. The van der Waals surface area contributed by atoms with Gasteiger partial charge in [-0.1, -0.05) is 35.9 Å². The maximum absolute atomic E-state index is 12.6. The van der Waals surface area contributed by atoms with Crippen molar-refractivity contribution >= 4 is 11.6 Å². The SMILES string of the molecule is COc1ccc(NC(=O)C2=CCN(Cc3cccc(C)c3)CC2)cc1OC. The first kappa shape index (κ1) is 19.0. The average Bonchev–Trinajstić information content (AvgIpc) is 2.68. The Balaban J connectivity index is 1.59. The van der Waals surface area contributed by atoms with E-state index in [0.717, 1.165) is 31.6 Å². The van der Waals surface area contributed by atoms with Gasteiger partial charge in [0.2, 0.25) is 0 Å². The zero-order chi connectivity index (χ0) is 19.2. The molecule has 0 saturated heterocycles. The second-order valence-corrected chi connectivity index (χ2v) is 6.73. The van der Waals surface area contributed by atoms with E-state index in [9.17, 15) is 4.79 Å². The van der Waals surface area contributed by atoms with E-state index in [1.54, 1.807) is 26.4 Å². The number of nitrogens with one attached hydrogen (secondary N) is 1. The topological polar surface area (TPSA) is 50.8 Å². The lowest BCUT2D eigenvalue weighted by Gasteiger charge is -2.26. The molecule has 5 heteroatoms. The highest BCUT2D eigenvalue weighted by Crippen LogP contribution is 2.30. The van der Waals surface area contributed by atoms with Gasteiger partial charge in [-0.05, 0) is 31.0 Å². The Hall–Kier alpha value is -2.79. The van der Waals surface area contributed by atoms with Crippen LogP contribution in [0.25, 0.3) is 0 Å². The highest BCUT2D eigenvalue weighted by molar-refractivity contribution is 6.04. The first-order valence-electron chi connectivity index (χ1n) is 9.09. The lowest BCUT2D eigenvalue weighted by atomic mass is 10.1. The molecule has 1 aliphatic heterocycles. The van der Waals surface area contributed by atoms with Crippen LogP contribution in [0.4, 0.5) is 5.69 Å². The molecule has 3 rings (SSSR count).